The van der Waals surface area contributed by atoms with Crippen LogP contribution in [0.2, 0.25) is 0 Å². The summed E-state index contributed by atoms with van der Waals surface area (Å²) in [5.74, 6) is 1.45. The monoisotopic (exact) mass is 248 g/mol. The summed E-state index contributed by atoms with van der Waals surface area (Å²) >= 11 is 5.76. The van der Waals surface area contributed by atoms with E-state index in [0.717, 1.165) is 5.69 Å². The Morgan fingerprint density at radius 1 is 1.53 bits per heavy atom. The molecule has 0 aliphatic heterocycles. The van der Waals surface area contributed by atoms with Crippen molar-refractivity contribution in [1.82, 2.24) is 14.8 Å². The molecule has 0 fully saturated rings. The fourth-order valence-corrected chi connectivity index (χ4v) is 1.68. The molecule has 1 aromatic carbocycles. The molecule has 86 valence electrons. The number of nitrogens with zero attached hydrogens (tertiary/aromatic N) is 4. The van der Waals surface area contributed by atoms with E-state index < -0.39 is 0 Å². The molecule has 0 spiro atoms. The molecule has 0 saturated carbocycles. The summed E-state index contributed by atoms with van der Waals surface area (Å²) in [6, 6.07) is 7.20. The van der Waals surface area contributed by atoms with Crippen molar-refractivity contribution in [2.24, 2.45) is 0 Å². The smallest absolute Gasteiger partial charge is 0.152 e. The topological polar surface area (TPSA) is 63.7 Å². The molecule has 0 saturated heterocycles. The molecular weight excluding hydrogens is 240 g/mol. The van der Waals surface area contributed by atoms with Gasteiger partial charge in [0.25, 0.3) is 0 Å². The SMILES string of the molecule is COc1cc(C#N)ccc1-n1cnnc1CCl. The van der Waals surface area contributed by atoms with E-state index in [9.17, 15) is 0 Å². The van der Waals surface area contributed by atoms with E-state index in [1.807, 2.05) is 0 Å². The van der Waals surface area contributed by atoms with Crippen LogP contribution in [-0.2, 0) is 5.88 Å². The van der Waals surface area contributed by atoms with Crippen LogP contribution in [0.3, 0.4) is 0 Å². The second-order valence-electron chi connectivity index (χ2n) is 3.25. The lowest BCUT2D eigenvalue weighted by atomic mass is 10.2. The molecule has 0 atom stereocenters. The van der Waals surface area contributed by atoms with Gasteiger partial charge in [0, 0.05) is 6.07 Å². The van der Waals surface area contributed by atoms with E-state index in [2.05, 4.69) is 16.3 Å². The van der Waals surface area contributed by atoms with E-state index in [1.54, 1.807) is 36.2 Å². The molecule has 2 rings (SSSR count). The number of hydrogen-bond acceptors (Lipinski definition) is 4. The molecular formula is C11H9ClN4O. The summed E-state index contributed by atoms with van der Waals surface area (Å²) in [6.45, 7) is 0. The minimum absolute atomic E-state index is 0.253. The Hall–Kier alpha value is -2.06. The highest BCUT2D eigenvalue weighted by molar-refractivity contribution is 6.16. The first-order chi connectivity index (χ1) is 8.30. The number of aromatic nitrogens is 3. The highest BCUT2D eigenvalue weighted by atomic mass is 35.5. The van der Waals surface area contributed by atoms with Crippen LogP contribution < -0.4 is 4.74 Å². The van der Waals surface area contributed by atoms with Gasteiger partial charge in [-0.1, -0.05) is 0 Å². The van der Waals surface area contributed by atoms with Crippen LogP contribution in [0.4, 0.5) is 0 Å². The van der Waals surface area contributed by atoms with Gasteiger partial charge in [-0.3, -0.25) is 4.57 Å². The van der Waals surface area contributed by atoms with E-state index >= 15 is 0 Å². The first kappa shape index (κ1) is 11.4. The zero-order valence-corrected chi connectivity index (χ0v) is 9.85. The van der Waals surface area contributed by atoms with Crippen LogP contribution in [0.25, 0.3) is 5.69 Å². The number of rotatable bonds is 3. The minimum Gasteiger partial charge on any atom is -0.495 e. The van der Waals surface area contributed by atoms with Crippen molar-refractivity contribution in [1.29, 1.82) is 5.26 Å². The van der Waals surface area contributed by atoms with Crippen LogP contribution in [0.15, 0.2) is 24.5 Å². The zero-order valence-electron chi connectivity index (χ0n) is 9.09. The lowest BCUT2D eigenvalue weighted by Crippen LogP contribution is -2.01. The third kappa shape index (κ3) is 2.08. The molecule has 1 heterocycles. The van der Waals surface area contributed by atoms with E-state index in [4.69, 9.17) is 21.6 Å². The largest absolute Gasteiger partial charge is 0.495 e. The number of methoxy groups -OCH3 is 1. The average molecular weight is 249 g/mol. The first-order valence-corrected chi connectivity index (χ1v) is 5.37. The van der Waals surface area contributed by atoms with Gasteiger partial charge in [0.15, 0.2) is 5.82 Å². The van der Waals surface area contributed by atoms with Crippen molar-refractivity contribution < 1.29 is 4.74 Å². The summed E-state index contributed by atoms with van der Waals surface area (Å²) in [6.07, 6.45) is 1.56. The molecule has 6 heteroatoms. The zero-order chi connectivity index (χ0) is 12.3. The van der Waals surface area contributed by atoms with Gasteiger partial charge in [-0.25, -0.2) is 0 Å². The van der Waals surface area contributed by atoms with E-state index in [1.165, 1.54) is 0 Å². The van der Waals surface area contributed by atoms with Crippen molar-refractivity contribution in [3.63, 3.8) is 0 Å². The Balaban J connectivity index is 2.56. The number of alkyl halides is 1. The summed E-state index contributed by atoms with van der Waals surface area (Å²) in [4.78, 5) is 0. The highest BCUT2D eigenvalue weighted by Gasteiger charge is 2.10. The Labute approximate surface area is 103 Å². The van der Waals surface area contributed by atoms with Crippen molar-refractivity contribution >= 4 is 11.6 Å². The van der Waals surface area contributed by atoms with Gasteiger partial charge < -0.3 is 4.74 Å². The quantitative estimate of drug-likeness (QED) is 0.778. The summed E-state index contributed by atoms with van der Waals surface area (Å²) in [5, 5.41) is 16.5. The van der Waals surface area contributed by atoms with Gasteiger partial charge in [0.2, 0.25) is 0 Å². The average Bonchev–Trinajstić information content (AvgIpc) is 2.85. The Morgan fingerprint density at radius 2 is 2.35 bits per heavy atom. The fraction of sp³-hybridized carbons (Fsp3) is 0.182. The van der Waals surface area contributed by atoms with Crippen molar-refractivity contribution in [3.8, 4) is 17.5 Å². The Morgan fingerprint density at radius 3 is 3.00 bits per heavy atom. The maximum atomic E-state index is 8.82. The van der Waals surface area contributed by atoms with Crippen LogP contribution in [-0.4, -0.2) is 21.9 Å². The minimum atomic E-state index is 0.253. The number of nitriles is 1. The van der Waals surface area contributed by atoms with Gasteiger partial charge >= 0.3 is 0 Å². The lowest BCUT2D eigenvalue weighted by Gasteiger charge is -2.10. The van der Waals surface area contributed by atoms with Crippen molar-refractivity contribution in [2.75, 3.05) is 7.11 Å². The van der Waals surface area contributed by atoms with Gasteiger partial charge in [-0.15, -0.1) is 21.8 Å². The molecule has 0 aliphatic carbocycles. The molecule has 5 nitrogen and oxygen atoms in total. The Kier molecular flexibility index (Phi) is 3.26. The second-order valence-corrected chi connectivity index (χ2v) is 3.52. The number of hydrogen-bond donors (Lipinski definition) is 0. The van der Waals surface area contributed by atoms with E-state index in [0.29, 0.717) is 17.1 Å². The lowest BCUT2D eigenvalue weighted by molar-refractivity contribution is 0.412. The maximum Gasteiger partial charge on any atom is 0.152 e. The standard InChI is InChI=1S/C11H9ClN4O/c1-17-10-4-8(6-13)2-3-9(10)16-7-14-15-11(16)5-12/h2-4,7H,5H2,1H3. The van der Waals surface area contributed by atoms with Crippen LogP contribution in [0, 0.1) is 11.3 Å². The van der Waals surface area contributed by atoms with Crippen LogP contribution in [0.5, 0.6) is 5.75 Å². The number of halogens is 1. The number of ether oxygens (including phenoxy) is 1. The van der Waals surface area contributed by atoms with Gasteiger partial charge in [-0.05, 0) is 12.1 Å². The fourth-order valence-electron chi connectivity index (χ4n) is 1.50. The van der Waals surface area contributed by atoms with Crippen LogP contribution in [0.1, 0.15) is 11.4 Å². The summed E-state index contributed by atoms with van der Waals surface area (Å²) < 4.78 is 6.97. The molecule has 17 heavy (non-hydrogen) atoms. The summed E-state index contributed by atoms with van der Waals surface area (Å²) in [7, 11) is 1.55. The first-order valence-electron chi connectivity index (χ1n) is 4.83. The van der Waals surface area contributed by atoms with Crippen molar-refractivity contribution in [3.05, 3.63) is 35.9 Å². The maximum absolute atomic E-state index is 8.82. The molecule has 1 aromatic heterocycles. The van der Waals surface area contributed by atoms with Gasteiger partial charge in [0.1, 0.15) is 12.1 Å². The van der Waals surface area contributed by atoms with Crippen LogP contribution >= 0.6 is 11.6 Å². The van der Waals surface area contributed by atoms with E-state index in [-0.39, 0.29) is 5.88 Å². The normalized spacial score (nSPS) is 9.94. The Bertz CT molecular complexity index is 573. The predicted octanol–water partition coefficient (Wildman–Crippen LogP) is 1.89. The molecule has 0 amide bonds. The highest BCUT2D eigenvalue weighted by Crippen LogP contribution is 2.25. The molecule has 2 aromatic rings. The third-order valence-electron chi connectivity index (χ3n) is 2.31. The molecule has 0 bridgehead atoms. The van der Waals surface area contributed by atoms with Gasteiger partial charge in [0.05, 0.1) is 30.3 Å². The molecule has 0 aliphatic rings. The molecule has 0 radical (unpaired) electrons. The second kappa shape index (κ2) is 4.85. The molecule has 0 unspecified atom stereocenters. The molecule has 0 N–H and O–H groups in total. The van der Waals surface area contributed by atoms with Gasteiger partial charge in [-0.2, -0.15) is 5.26 Å². The van der Waals surface area contributed by atoms with Crippen molar-refractivity contribution in [2.45, 2.75) is 5.88 Å². The third-order valence-corrected chi connectivity index (χ3v) is 2.55. The number of benzene rings is 1. The summed E-state index contributed by atoms with van der Waals surface area (Å²) in [5.41, 5.74) is 1.29. The predicted molar refractivity (Wildman–Crippen MR) is 62.2 cm³/mol.